The minimum atomic E-state index is -3.27. The minimum absolute atomic E-state index is 0.204. The van der Waals surface area contributed by atoms with Crippen LogP contribution in [-0.2, 0) is 4.79 Å². The molecule has 0 aliphatic heterocycles. The van der Waals surface area contributed by atoms with Crippen molar-refractivity contribution in [3.63, 3.8) is 0 Å². The number of carboxylic acid groups (broad SMARTS) is 1. The first-order valence-electron chi connectivity index (χ1n) is 11.4. The Kier molecular flexibility index (Phi) is 5.90. The lowest BCUT2D eigenvalue weighted by molar-refractivity contribution is -0.137. The van der Waals surface area contributed by atoms with Crippen molar-refractivity contribution in [1.82, 2.24) is 0 Å². The van der Waals surface area contributed by atoms with Gasteiger partial charge in [0.2, 0.25) is 0 Å². The molecule has 0 atom stereocenters. The summed E-state index contributed by atoms with van der Waals surface area (Å²) < 4.78 is 67.9. The zero-order valence-electron chi connectivity index (χ0n) is 20.1. The average molecular weight is 265 g/mol. The smallest absolute Gasteiger partial charge is 0.303 e. The summed E-state index contributed by atoms with van der Waals surface area (Å²) in [5, 5.41) is 8.53. The van der Waals surface area contributed by atoms with Crippen LogP contribution in [0.1, 0.15) is 109 Å². The maximum absolute atomic E-state index is 10.4. The van der Waals surface area contributed by atoms with Crippen molar-refractivity contribution < 1.29 is 22.2 Å². The molecule has 0 unspecified atom stereocenters. The van der Waals surface area contributed by atoms with Crippen LogP contribution in [0.25, 0.3) is 0 Å². The molecule has 108 valence electrons. The largest absolute Gasteiger partial charge is 0.481 e. The monoisotopic (exact) mass is 265 g/mol. The van der Waals surface area contributed by atoms with Gasteiger partial charge in [0, 0.05) is 18.8 Å². The van der Waals surface area contributed by atoms with E-state index in [1.807, 2.05) is 0 Å². The van der Waals surface area contributed by atoms with Crippen LogP contribution in [0.3, 0.4) is 0 Å². The van der Waals surface area contributed by atoms with Crippen LogP contribution in [0.2, 0.25) is 0 Å². The Morgan fingerprint density at radius 2 is 1.39 bits per heavy atom. The van der Waals surface area contributed by atoms with Gasteiger partial charge in [-0.25, -0.2) is 0 Å². The third-order valence-corrected chi connectivity index (χ3v) is 2.84. The number of hydrogen-bond acceptors (Lipinski definition) is 1. The van der Waals surface area contributed by atoms with Crippen LogP contribution >= 0.6 is 0 Å². The van der Waals surface area contributed by atoms with Crippen molar-refractivity contribution in [2.75, 3.05) is 0 Å². The molecular weight excluding hydrogens is 224 g/mol. The summed E-state index contributed by atoms with van der Waals surface area (Å²) in [5.74, 6) is -0.772. The Morgan fingerprint density at radius 3 is 1.89 bits per heavy atom. The van der Waals surface area contributed by atoms with Crippen molar-refractivity contribution >= 4 is 5.97 Å². The van der Waals surface area contributed by atoms with E-state index in [0.717, 1.165) is 38.5 Å². The molecule has 0 bridgehead atoms. The summed E-state index contributed by atoms with van der Waals surface area (Å²) in [4.78, 5) is 10.4. The molecule has 0 amide bonds. The molecule has 0 aliphatic carbocycles. The second kappa shape index (κ2) is 14.5. The number of unbranched alkanes of at least 4 members (excludes halogenated alkanes) is 8. The van der Waals surface area contributed by atoms with E-state index in [0.29, 0.717) is 19.3 Å². The van der Waals surface area contributed by atoms with E-state index < -0.39 is 31.9 Å². The number of rotatable bonds is 14. The summed E-state index contributed by atoms with van der Waals surface area (Å²) in [7, 11) is 0. The van der Waals surface area contributed by atoms with Gasteiger partial charge in [-0.2, -0.15) is 0 Å². The van der Waals surface area contributed by atoms with Crippen LogP contribution in [-0.4, -0.2) is 11.1 Å². The van der Waals surface area contributed by atoms with E-state index in [-0.39, 0.29) is 12.8 Å². The van der Waals surface area contributed by atoms with Crippen molar-refractivity contribution in [2.24, 2.45) is 0 Å². The molecule has 0 aliphatic rings. The Labute approximate surface area is 126 Å². The van der Waals surface area contributed by atoms with Gasteiger partial charge in [0.15, 0.2) is 0 Å². The zero-order valence-corrected chi connectivity index (χ0v) is 11.1. The Bertz CT molecular complexity index is 448. The minimum Gasteiger partial charge on any atom is -0.481 e. The number of hydrogen-bond donors (Lipinski definition) is 1. The van der Waals surface area contributed by atoms with Gasteiger partial charge in [-0.3, -0.25) is 4.79 Å². The van der Waals surface area contributed by atoms with Gasteiger partial charge in [-0.05, 0) is 6.42 Å². The number of carbonyl (C=O) groups is 1. The van der Waals surface area contributed by atoms with E-state index in [1.165, 1.54) is 0 Å². The van der Waals surface area contributed by atoms with Gasteiger partial charge < -0.3 is 5.11 Å². The molecule has 0 aromatic rings. The molecule has 0 heterocycles. The first-order chi connectivity index (χ1) is 12.2. The van der Waals surface area contributed by atoms with Gasteiger partial charge in [0.05, 0.1) is 0 Å². The van der Waals surface area contributed by atoms with E-state index in [4.69, 9.17) is 17.4 Å². The zero-order chi connectivity index (χ0) is 21.4. The van der Waals surface area contributed by atoms with Crippen molar-refractivity contribution in [3.05, 3.63) is 0 Å². The van der Waals surface area contributed by atoms with E-state index >= 15 is 0 Å². The highest BCUT2D eigenvalue weighted by Crippen LogP contribution is 2.12. The van der Waals surface area contributed by atoms with E-state index in [1.54, 1.807) is 0 Å². The van der Waals surface area contributed by atoms with Crippen molar-refractivity contribution in [2.45, 2.75) is 96.6 Å². The lowest BCUT2D eigenvalue weighted by atomic mass is 10.0. The predicted molar refractivity (Wildman–Crippen MR) is 77.9 cm³/mol. The summed E-state index contributed by atoms with van der Waals surface area (Å²) in [5.41, 5.74) is 0. The van der Waals surface area contributed by atoms with Gasteiger partial charge in [-0.1, -0.05) is 83.8 Å². The van der Waals surface area contributed by atoms with Gasteiger partial charge in [0.25, 0.3) is 0 Å². The molecule has 0 aromatic heterocycles. The lowest BCUT2D eigenvalue weighted by Crippen LogP contribution is -1.93. The van der Waals surface area contributed by atoms with Crippen LogP contribution < -0.4 is 0 Å². The first kappa shape index (κ1) is 7.31. The molecule has 0 fully saturated rings. The molecule has 0 aromatic carbocycles. The third-order valence-electron chi connectivity index (χ3n) is 2.84. The standard InChI is InChI=1S/C16H32O2/c1-2-3-4-5-6-7-8-9-10-11-12-13-14-15-16(17)18/h2-15H2,1H3,(H,17,18)/i1D3,2D2,3D2,4D2. The van der Waals surface area contributed by atoms with E-state index in [9.17, 15) is 4.79 Å². The highest BCUT2D eigenvalue weighted by Gasteiger charge is 1.96. The molecule has 0 rings (SSSR count). The maximum Gasteiger partial charge on any atom is 0.303 e. The quantitative estimate of drug-likeness (QED) is 0.418. The Morgan fingerprint density at radius 1 is 0.889 bits per heavy atom. The highest BCUT2D eigenvalue weighted by molar-refractivity contribution is 5.66. The normalized spacial score (nSPS) is 21.2. The summed E-state index contributed by atoms with van der Waals surface area (Å²) in [6, 6.07) is 0. The van der Waals surface area contributed by atoms with Crippen molar-refractivity contribution in [3.8, 4) is 0 Å². The summed E-state index contributed by atoms with van der Waals surface area (Å²) >= 11 is 0. The fourth-order valence-electron chi connectivity index (χ4n) is 1.83. The molecule has 0 saturated heterocycles. The average Bonchev–Trinajstić information content (AvgIpc) is 2.50. The number of carboxylic acids is 1. The molecule has 0 radical (unpaired) electrons. The topological polar surface area (TPSA) is 37.3 Å². The molecule has 0 spiro atoms. The van der Waals surface area contributed by atoms with Crippen LogP contribution in [0.5, 0.6) is 0 Å². The molecule has 18 heavy (non-hydrogen) atoms. The second-order valence-electron chi connectivity index (χ2n) is 4.50. The predicted octanol–water partition coefficient (Wildman–Crippen LogP) is 5.55. The van der Waals surface area contributed by atoms with Crippen LogP contribution in [0.4, 0.5) is 0 Å². The molecular formula is C16H32O2. The van der Waals surface area contributed by atoms with Crippen LogP contribution in [0.15, 0.2) is 0 Å². The van der Waals surface area contributed by atoms with E-state index in [2.05, 4.69) is 0 Å². The van der Waals surface area contributed by atoms with Crippen molar-refractivity contribution in [1.29, 1.82) is 0 Å². The fourth-order valence-corrected chi connectivity index (χ4v) is 1.83. The molecule has 2 nitrogen and oxygen atoms in total. The van der Waals surface area contributed by atoms with Gasteiger partial charge >= 0.3 is 5.97 Å². The first-order valence-corrected chi connectivity index (χ1v) is 6.88. The highest BCUT2D eigenvalue weighted by atomic mass is 16.4. The Balaban J connectivity index is 4.08. The molecule has 2 heteroatoms. The lowest BCUT2D eigenvalue weighted by Gasteiger charge is -2.02. The maximum atomic E-state index is 10.4. The summed E-state index contributed by atoms with van der Waals surface area (Å²) in [6.45, 7) is -3.24. The fraction of sp³-hybridized carbons (Fsp3) is 0.938. The Hall–Kier alpha value is -0.530. The van der Waals surface area contributed by atoms with Gasteiger partial charge in [-0.15, -0.1) is 0 Å². The van der Waals surface area contributed by atoms with Gasteiger partial charge in [0.1, 0.15) is 0 Å². The second-order valence-corrected chi connectivity index (χ2v) is 4.50. The molecule has 1 N–H and O–H groups in total. The summed E-state index contributed by atoms with van der Waals surface area (Å²) in [6.07, 6.45) is -1.58. The third kappa shape index (κ3) is 15.5. The number of aliphatic carboxylic acids is 1. The molecule has 0 saturated carbocycles. The van der Waals surface area contributed by atoms with Crippen LogP contribution in [0, 0.1) is 0 Å². The SMILES string of the molecule is [2H]C([2H])([2H])C([2H])([2H])C([2H])([2H])C([2H])([2H])CCCCCCCCCCCC(=O)O.